The number of likely N-dealkylation sites (tertiary alicyclic amines) is 1. The second kappa shape index (κ2) is 9.95. The van der Waals surface area contributed by atoms with Crippen LogP contribution in [0.3, 0.4) is 0 Å². The Labute approximate surface area is 216 Å². The molecule has 9 nitrogen and oxygen atoms in total. The summed E-state index contributed by atoms with van der Waals surface area (Å²) in [5.41, 5.74) is -1.71. The molecule has 0 saturated carbocycles. The lowest BCUT2D eigenvalue weighted by Crippen LogP contribution is -2.56. The Bertz CT molecular complexity index is 1120. The molecule has 2 fully saturated rings. The molecule has 5 atom stereocenters. The van der Waals surface area contributed by atoms with Gasteiger partial charge in [0.2, 0.25) is 5.91 Å². The normalized spacial score (nSPS) is 32.8. The van der Waals surface area contributed by atoms with Gasteiger partial charge in [-0.25, -0.2) is 0 Å². The van der Waals surface area contributed by atoms with Crippen LogP contribution in [0.4, 0.5) is 5.69 Å². The van der Waals surface area contributed by atoms with Gasteiger partial charge in [0.1, 0.15) is 23.3 Å². The van der Waals surface area contributed by atoms with Crippen LogP contribution in [0.15, 0.2) is 48.6 Å². The highest BCUT2D eigenvalue weighted by molar-refractivity contribution is 6.05. The Morgan fingerprint density at radius 3 is 2.54 bits per heavy atom. The van der Waals surface area contributed by atoms with E-state index < -0.39 is 35.0 Å². The van der Waals surface area contributed by atoms with Crippen molar-refractivity contribution < 1.29 is 33.7 Å². The number of aliphatic hydroxyl groups is 1. The first-order chi connectivity index (χ1) is 17.9. The zero-order valence-electron chi connectivity index (χ0n) is 21.3. The maximum Gasteiger partial charge on any atom is 0.313 e. The first-order valence-corrected chi connectivity index (χ1v) is 13.0. The highest BCUT2D eigenvalue weighted by atomic mass is 16.6. The number of anilines is 1. The number of nitrogens with zero attached hydrogens (tertiary/aromatic N) is 2. The first-order valence-electron chi connectivity index (χ1n) is 13.0. The number of ether oxygens (including phenoxy) is 3. The van der Waals surface area contributed by atoms with Crippen LogP contribution in [0.25, 0.3) is 0 Å². The number of aliphatic hydroxyl groups excluding tert-OH is 1. The third-order valence-corrected chi connectivity index (χ3v) is 7.96. The number of benzene rings is 1. The molecule has 37 heavy (non-hydrogen) atoms. The summed E-state index contributed by atoms with van der Waals surface area (Å²) in [7, 11) is 1.58. The van der Waals surface area contributed by atoms with E-state index in [1.54, 1.807) is 36.0 Å². The highest BCUT2D eigenvalue weighted by Gasteiger charge is 2.74. The number of cyclic esters (lactones) is 1. The van der Waals surface area contributed by atoms with E-state index in [0.717, 1.165) is 0 Å². The molecule has 198 valence electrons. The number of unbranched alkanes of at least 4 members (excludes halogenated alkanes) is 2. The Hall–Kier alpha value is -3.17. The van der Waals surface area contributed by atoms with Gasteiger partial charge in [-0.2, -0.15) is 0 Å². The van der Waals surface area contributed by atoms with Crippen LogP contribution in [0, 0.1) is 11.8 Å². The maximum absolute atomic E-state index is 14.3. The van der Waals surface area contributed by atoms with Gasteiger partial charge < -0.3 is 29.1 Å². The van der Waals surface area contributed by atoms with E-state index >= 15 is 0 Å². The number of fused-ring (bicyclic) bond motifs is 2. The second-order valence-electron chi connectivity index (χ2n) is 10.2. The second-order valence-corrected chi connectivity index (χ2v) is 10.2. The number of carbonyl (C=O) groups excluding carboxylic acids is 3. The van der Waals surface area contributed by atoms with Gasteiger partial charge in [0.25, 0.3) is 5.91 Å². The van der Waals surface area contributed by atoms with Crippen molar-refractivity contribution in [3.63, 3.8) is 0 Å². The van der Waals surface area contributed by atoms with Crippen molar-refractivity contribution in [2.24, 2.45) is 11.8 Å². The van der Waals surface area contributed by atoms with Gasteiger partial charge in [-0.1, -0.05) is 24.3 Å². The van der Waals surface area contributed by atoms with Crippen LogP contribution in [0.2, 0.25) is 0 Å². The van der Waals surface area contributed by atoms with Gasteiger partial charge in [0.05, 0.1) is 25.2 Å². The van der Waals surface area contributed by atoms with E-state index in [4.69, 9.17) is 14.2 Å². The van der Waals surface area contributed by atoms with Gasteiger partial charge in [-0.3, -0.25) is 14.4 Å². The molecule has 0 bridgehead atoms. The van der Waals surface area contributed by atoms with E-state index in [0.29, 0.717) is 50.2 Å². The topological polar surface area (TPSA) is 106 Å². The van der Waals surface area contributed by atoms with Gasteiger partial charge in [-0.15, -0.1) is 0 Å². The van der Waals surface area contributed by atoms with E-state index in [-0.39, 0.29) is 25.0 Å². The molecule has 1 aromatic rings. The SMILES string of the molecule is COc1ccc(N2CC=C[C@]34O[C@]5(C)C=CCCOC(=O)[C@@H]5[C@H]3C(=O)N(CCCCCO)C4C2=O)cc1. The lowest BCUT2D eigenvalue weighted by atomic mass is 9.74. The summed E-state index contributed by atoms with van der Waals surface area (Å²) in [5, 5.41) is 9.20. The molecule has 2 saturated heterocycles. The molecule has 1 unspecified atom stereocenters. The van der Waals surface area contributed by atoms with Gasteiger partial charge >= 0.3 is 5.97 Å². The summed E-state index contributed by atoms with van der Waals surface area (Å²) in [4.78, 5) is 44.9. The molecule has 0 aromatic heterocycles. The van der Waals surface area contributed by atoms with Crippen molar-refractivity contribution in [3.05, 3.63) is 48.6 Å². The number of amides is 2. The fourth-order valence-electron chi connectivity index (χ4n) is 6.29. The molecule has 4 heterocycles. The van der Waals surface area contributed by atoms with Gasteiger partial charge in [-0.05, 0) is 56.9 Å². The third kappa shape index (κ3) is 4.14. The molecule has 4 aliphatic rings. The molecule has 0 aliphatic carbocycles. The average molecular weight is 511 g/mol. The molecule has 5 rings (SSSR count). The Morgan fingerprint density at radius 1 is 1.03 bits per heavy atom. The van der Waals surface area contributed by atoms with Gasteiger partial charge in [0, 0.05) is 25.4 Å². The largest absolute Gasteiger partial charge is 0.497 e. The maximum atomic E-state index is 14.3. The smallest absolute Gasteiger partial charge is 0.313 e. The number of hydrogen-bond acceptors (Lipinski definition) is 7. The summed E-state index contributed by atoms with van der Waals surface area (Å²) in [6.07, 6.45) is 9.95. The van der Waals surface area contributed by atoms with Crippen molar-refractivity contribution in [1.82, 2.24) is 4.90 Å². The Morgan fingerprint density at radius 2 is 1.81 bits per heavy atom. The average Bonchev–Trinajstić information content (AvgIpc) is 3.20. The fourth-order valence-corrected chi connectivity index (χ4v) is 6.29. The predicted molar refractivity (Wildman–Crippen MR) is 135 cm³/mol. The minimum absolute atomic E-state index is 0.0680. The summed E-state index contributed by atoms with van der Waals surface area (Å²) in [5.74, 6) is -2.09. The summed E-state index contributed by atoms with van der Waals surface area (Å²) in [6, 6.07) is 6.27. The minimum Gasteiger partial charge on any atom is -0.497 e. The van der Waals surface area contributed by atoms with Crippen molar-refractivity contribution in [2.75, 3.05) is 38.3 Å². The molecule has 1 aromatic carbocycles. The summed E-state index contributed by atoms with van der Waals surface area (Å²) < 4.78 is 17.5. The van der Waals surface area contributed by atoms with Crippen LogP contribution < -0.4 is 9.64 Å². The van der Waals surface area contributed by atoms with Gasteiger partial charge in [0.15, 0.2) is 0 Å². The standard InChI is InChI=1S/C28H34N2O7/c1-27-13-4-7-18-36-26(34)22(27)21-24(32)30(15-5-3-6-17-31)23-25(33)29(16-8-14-28(21,23)37-27)19-9-11-20(35-2)12-10-19/h4,8-14,21-23,31H,3,5-7,15-18H2,1-2H3/t21-,22-,23?,27+,28-/m0/s1. The summed E-state index contributed by atoms with van der Waals surface area (Å²) >= 11 is 0. The van der Waals surface area contributed by atoms with Crippen LogP contribution in [-0.2, 0) is 23.9 Å². The lowest BCUT2D eigenvalue weighted by Gasteiger charge is -2.37. The highest BCUT2D eigenvalue weighted by Crippen LogP contribution is 2.57. The van der Waals surface area contributed by atoms with Crippen LogP contribution in [0.5, 0.6) is 5.75 Å². The van der Waals surface area contributed by atoms with Crippen LogP contribution >= 0.6 is 0 Å². The van der Waals surface area contributed by atoms with Crippen molar-refractivity contribution in [1.29, 1.82) is 0 Å². The van der Waals surface area contributed by atoms with Crippen LogP contribution in [-0.4, -0.2) is 78.4 Å². The molecule has 4 aliphatic heterocycles. The minimum atomic E-state index is -1.31. The molecule has 0 radical (unpaired) electrons. The Balaban J connectivity index is 1.58. The Kier molecular flexibility index (Phi) is 6.85. The molecule has 1 spiro atoms. The number of carbonyl (C=O) groups is 3. The quantitative estimate of drug-likeness (QED) is 0.341. The van der Waals surface area contributed by atoms with E-state index in [2.05, 4.69) is 0 Å². The number of hydrogen-bond donors (Lipinski definition) is 1. The first kappa shape index (κ1) is 25.5. The van der Waals surface area contributed by atoms with E-state index in [9.17, 15) is 19.5 Å². The van der Waals surface area contributed by atoms with Crippen molar-refractivity contribution >= 4 is 23.5 Å². The summed E-state index contributed by atoms with van der Waals surface area (Å²) in [6.45, 7) is 2.74. The third-order valence-electron chi connectivity index (χ3n) is 7.96. The van der Waals surface area contributed by atoms with E-state index in [1.807, 2.05) is 36.4 Å². The molecule has 9 heteroatoms. The van der Waals surface area contributed by atoms with Crippen molar-refractivity contribution in [3.8, 4) is 5.75 Å². The van der Waals surface area contributed by atoms with Crippen LogP contribution in [0.1, 0.15) is 32.6 Å². The molecular weight excluding hydrogens is 476 g/mol. The number of esters is 1. The zero-order chi connectivity index (χ0) is 26.2. The zero-order valence-corrected chi connectivity index (χ0v) is 21.3. The van der Waals surface area contributed by atoms with Crippen molar-refractivity contribution in [2.45, 2.75) is 49.9 Å². The number of rotatable bonds is 7. The molecule has 2 amide bonds. The number of methoxy groups -OCH3 is 1. The fraction of sp³-hybridized carbons (Fsp3) is 0.536. The monoisotopic (exact) mass is 510 g/mol. The lowest BCUT2D eigenvalue weighted by molar-refractivity contribution is -0.159. The molecule has 1 N–H and O–H groups in total. The predicted octanol–water partition coefficient (Wildman–Crippen LogP) is 2.23. The van der Waals surface area contributed by atoms with E-state index in [1.165, 1.54) is 0 Å². The molecular formula is C28H34N2O7.